The first-order valence-corrected chi connectivity index (χ1v) is 8.43. The first kappa shape index (κ1) is 17.1. The predicted octanol–water partition coefficient (Wildman–Crippen LogP) is 3.82. The third-order valence-electron chi connectivity index (χ3n) is 1.91. The van der Waals surface area contributed by atoms with E-state index in [4.69, 9.17) is 26.5 Å². The molecule has 0 saturated carbocycles. The highest BCUT2D eigenvalue weighted by Crippen LogP contribution is 2.53. The number of nitriles is 1. The van der Waals surface area contributed by atoms with Crippen LogP contribution in [-0.2, 0) is 13.6 Å². The fraction of sp³-hybridized carbons (Fsp3) is 0.800. The molecule has 0 aliphatic carbocycles. The lowest BCUT2D eigenvalue weighted by atomic mass is 10.1. The Morgan fingerprint density at radius 3 is 2.29 bits per heavy atom. The lowest BCUT2D eigenvalue weighted by Gasteiger charge is -2.17. The van der Waals surface area contributed by atoms with Crippen molar-refractivity contribution in [1.82, 2.24) is 0 Å². The average Bonchev–Trinajstić information content (AvgIpc) is 2.30. The quantitative estimate of drug-likeness (QED) is 0.501. The number of hydrogen-bond acceptors (Lipinski definition) is 6. The molecular formula is C10H18NO3PS2. The smallest absolute Gasteiger partial charge is 0.305 e. The van der Waals surface area contributed by atoms with Crippen molar-refractivity contribution in [2.24, 2.45) is 5.92 Å². The molecule has 0 bridgehead atoms. The summed E-state index contributed by atoms with van der Waals surface area (Å²) in [6.45, 7) is 5.98. The molecule has 0 heterocycles. The number of thiocarbonyl (C=S) groups is 1. The molecule has 1 unspecified atom stereocenters. The molecular weight excluding hydrogens is 277 g/mol. The Labute approximate surface area is 113 Å². The largest absolute Gasteiger partial charge is 0.378 e. The lowest BCUT2D eigenvalue weighted by molar-refractivity contribution is 0.233. The Bertz CT molecular complexity index is 320. The van der Waals surface area contributed by atoms with Crippen molar-refractivity contribution >= 4 is 35.5 Å². The number of nitrogens with zero attached hydrogens (tertiary/aromatic N) is 1. The summed E-state index contributed by atoms with van der Waals surface area (Å²) < 4.78 is 22.7. The summed E-state index contributed by atoms with van der Waals surface area (Å²) in [6, 6.07) is 2.17. The highest BCUT2D eigenvalue weighted by molar-refractivity contribution is 8.35. The van der Waals surface area contributed by atoms with E-state index >= 15 is 0 Å². The molecule has 0 N–H and O–H groups in total. The molecule has 98 valence electrons. The minimum atomic E-state index is -3.30. The Hall–Kier alpha value is 0.0800. The molecule has 0 spiro atoms. The van der Waals surface area contributed by atoms with Gasteiger partial charge in [0.15, 0.2) is 3.94 Å². The third kappa shape index (κ3) is 5.98. The molecule has 4 nitrogen and oxygen atoms in total. The Morgan fingerprint density at radius 2 is 1.94 bits per heavy atom. The van der Waals surface area contributed by atoms with Gasteiger partial charge < -0.3 is 9.05 Å². The average molecular weight is 295 g/mol. The van der Waals surface area contributed by atoms with Gasteiger partial charge in [-0.1, -0.05) is 19.1 Å². The van der Waals surface area contributed by atoms with Crippen molar-refractivity contribution < 1.29 is 13.6 Å². The molecule has 0 fully saturated rings. The number of thioether (sulfide) groups is 1. The molecule has 0 rings (SSSR count). The number of rotatable bonds is 8. The second-order valence-electron chi connectivity index (χ2n) is 3.14. The van der Waals surface area contributed by atoms with E-state index in [1.807, 2.05) is 6.92 Å². The second kappa shape index (κ2) is 9.07. The van der Waals surface area contributed by atoms with Crippen molar-refractivity contribution in [2.75, 3.05) is 19.0 Å². The maximum Gasteiger partial charge on any atom is 0.378 e. The normalized spacial score (nSPS) is 13.1. The Morgan fingerprint density at radius 1 is 1.41 bits per heavy atom. The molecule has 0 aliphatic rings. The van der Waals surface area contributed by atoms with E-state index in [0.717, 1.165) is 6.42 Å². The van der Waals surface area contributed by atoms with Gasteiger partial charge in [0.1, 0.15) is 0 Å². The van der Waals surface area contributed by atoms with Crippen molar-refractivity contribution in [2.45, 2.75) is 27.2 Å². The minimum absolute atomic E-state index is 0.0883. The molecule has 0 saturated heterocycles. The van der Waals surface area contributed by atoms with E-state index in [1.165, 1.54) is 11.8 Å². The van der Waals surface area contributed by atoms with E-state index in [-0.39, 0.29) is 23.1 Å². The van der Waals surface area contributed by atoms with Gasteiger partial charge in [-0.2, -0.15) is 5.26 Å². The minimum Gasteiger partial charge on any atom is -0.305 e. The zero-order valence-corrected chi connectivity index (χ0v) is 12.9. The first-order chi connectivity index (χ1) is 8.03. The summed E-state index contributed by atoms with van der Waals surface area (Å²) in [4.78, 5) is 0. The van der Waals surface area contributed by atoms with Gasteiger partial charge in [-0.15, -0.1) is 11.8 Å². The molecule has 0 aromatic carbocycles. The van der Waals surface area contributed by atoms with Crippen molar-refractivity contribution in [3.05, 3.63) is 0 Å². The lowest BCUT2D eigenvalue weighted by Crippen LogP contribution is -2.06. The maximum absolute atomic E-state index is 12.2. The molecule has 0 aromatic rings. The van der Waals surface area contributed by atoms with Crippen LogP contribution in [0.25, 0.3) is 0 Å². The van der Waals surface area contributed by atoms with Gasteiger partial charge in [-0.05, 0) is 20.3 Å². The fourth-order valence-corrected chi connectivity index (χ4v) is 4.29. The second-order valence-corrected chi connectivity index (χ2v) is 7.40. The first-order valence-electron chi connectivity index (χ1n) is 5.50. The Balaban J connectivity index is 4.44. The summed E-state index contributed by atoms with van der Waals surface area (Å²) in [5.74, 6) is 0.435. The van der Waals surface area contributed by atoms with Crippen LogP contribution < -0.4 is 0 Å². The van der Waals surface area contributed by atoms with E-state index in [2.05, 4.69) is 6.07 Å². The summed E-state index contributed by atoms with van der Waals surface area (Å²) in [6.07, 6.45) is 0.750. The van der Waals surface area contributed by atoms with Gasteiger partial charge in [0.25, 0.3) is 0 Å². The van der Waals surface area contributed by atoms with Crippen molar-refractivity contribution in [3.63, 3.8) is 0 Å². The number of hydrogen-bond donors (Lipinski definition) is 0. The zero-order chi connectivity index (χ0) is 13.3. The van der Waals surface area contributed by atoms with Crippen LogP contribution in [0, 0.1) is 17.2 Å². The summed E-state index contributed by atoms with van der Waals surface area (Å²) in [7, 11) is -3.30. The predicted molar refractivity (Wildman–Crippen MR) is 75.3 cm³/mol. The van der Waals surface area contributed by atoms with Gasteiger partial charge in [-0.3, -0.25) is 4.57 Å². The zero-order valence-electron chi connectivity index (χ0n) is 10.3. The van der Waals surface area contributed by atoms with E-state index in [1.54, 1.807) is 13.8 Å². The molecule has 0 aliphatic heterocycles. The van der Waals surface area contributed by atoms with E-state index < -0.39 is 7.60 Å². The van der Waals surface area contributed by atoms with Crippen LogP contribution in [0.15, 0.2) is 0 Å². The third-order valence-corrected chi connectivity index (χ3v) is 6.45. The molecule has 0 amide bonds. The summed E-state index contributed by atoms with van der Waals surface area (Å²) in [5, 5.41) is 8.81. The van der Waals surface area contributed by atoms with Crippen LogP contribution >= 0.6 is 31.6 Å². The van der Waals surface area contributed by atoms with Crippen LogP contribution in [0.2, 0.25) is 0 Å². The van der Waals surface area contributed by atoms with E-state index in [0.29, 0.717) is 5.75 Å². The van der Waals surface area contributed by atoms with Crippen molar-refractivity contribution in [1.29, 1.82) is 5.26 Å². The molecule has 7 heteroatoms. The fourth-order valence-electron chi connectivity index (χ4n) is 0.980. The summed E-state index contributed by atoms with van der Waals surface area (Å²) >= 11 is 6.29. The molecule has 0 aromatic heterocycles. The maximum atomic E-state index is 12.2. The topological polar surface area (TPSA) is 59.3 Å². The van der Waals surface area contributed by atoms with Crippen LogP contribution in [0.4, 0.5) is 0 Å². The Kier molecular flexibility index (Phi) is 9.11. The van der Waals surface area contributed by atoms with Gasteiger partial charge in [0.2, 0.25) is 0 Å². The SMILES string of the molecule is CCOP(=O)(OCC)C(=S)SCC(C#N)CC. The van der Waals surface area contributed by atoms with Gasteiger partial charge in [0, 0.05) is 5.75 Å². The van der Waals surface area contributed by atoms with Crippen LogP contribution in [-0.4, -0.2) is 22.9 Å². The van der Waals surface area contributed by atoms with Gasteiger partial charge >= 0.3 is 7.60 Å². The molecule has 17 heavy (non-hydrogen) atoms. The van der Waals surface area contributed by atoms with Gasteiger partial charge in [0.05, 0.1) is 25.2 Å². The molecule has 1 atom stereocenters. The van der Waals surface area contributed by atoms with Crippen LogP contribution in [0.5, 0.6) is 0 Å². The van der Waals surface area contributed by atoms with Crippen LogP contribution in [0.3, 0.4) is 0 Å². The molecule has 0 radical (unpaired) electrons. The van der Waals surface area contributed by atoms with Crippen LogP contribution in [0.1, 0.15) is 27.2 Å². The summed E-state index contributed by atoms with van der Waals surface area (Å²) in [5.41, 5.74) is 0. The van der Waals surface area contributed by atoms with E-state index in [9.17, 15) is 4.57 Å². The van der Waals surface area contributed by atoms with Crippen molar-refractivity contribution in [3.8, 4) is 6.07 Å². The highest BCUT2D eigenvalue weighted by atomic mass is 32.2. The standard InChI is InChI=1S/C10H18NO3PS2/c1-4-9(7-11)8-17-10(16)15(12,13-5-2)14-6-3/h9H,4-6,8H2,1-3H3. The monoisotopic (exact) mass is 295 g/mol. The van der Waals surface area contributed by atoms with Gasteiger partial charge in [-0.25, -0.2) is 0 Å². The highest BCUT2D eigenvalue weighted by Gasteiger charge is 2.30.